The van der Waals surface area contributed by atoms with E-state index in [1.165, 1.54) is 11.3 Å². The van der Waals surface area contributed by atoms with Gasteiger partial charge < -0.3 is 10.6 Å². The number of amides is 1. The summed E-state index contributed by atoms with van der Waals surface area (Å²) in [5, 5.41) is 2.06. The van der Waals surface area contributed by atoms with Crippen molar-refractivity contribution in [2.45, 2.75) is 0 Å². The normalized spacial score (nSPS) is 18.0. The van der Waals surface area contributed by atoms with Crippen LogP contribution in [0.3, 0.4) is 0 Å². The van der Waals surface area contributed by atoms with E-state index in [2.05, 4.69) is 4.98 Å². The zero-order valence-corrected chi connectivity index (χ0v) is 9.64. The predicted molar refractivity (Wildman–Crippen MR) is 60.3 cm³/mol. The minimum Gasteiger partial charge on any atom is -0.375 e. The van der Waals surface area contributed by atoms with Crippen LogP contribution >= 0.6 is 11.3 Å². The molecule has 1 saturated heterocycles. The van der Waals surface area contributed by atoms with E-state index < -0.39 is 10.8 Å². The molecule has 2 N–H and O–H groups in total. The van der Waals surface area contributed by atoms with Crippen molar-refractivity contribution in [1.29, 1.82) is 0 Å². The molecule has 82 valence electrons. The van der Waals surface area contributed by atoms with Gasteiger partial charge in [0.2, 0.25) is 0 Å². The molecule has 0 atom stereocenters. The number of rotatable bonds is 1. The van der Waals surface area contributed by atoms with Gasteiger partial charge in [0.1, 0.15) is 5.69 Å². The molecule has 0 radical (unpaired) electrons. The highest BCUT2D eigenvalue weighted by molar-refractivity contribution is 7.85. The summed E-state index contributed by atoms with van der Waals surface area (Å²) in [4.78, 5) is 17.4. The van der Waals surface area contributed by atoms with E-state index in [4.69, 9.17) is 5.73 Å². The maximum absolute atomic E-state index is 11.8. The molecule has 0 aromatic carbocycles. The summed E-state index contributed by atoms with van der Waals surface area (Å²) < 4.78 is 11.1. The number of nitrogens with two attached hydrogens (primary N) is 1. The van der Waals surface area contributed by atoms with Crippen LogP contribution in [0.1, 0.15) is 10.5 Å². The van der Waals surface area contributed by atoms with Gasteiger partial charge in [-0.1, -0.05) is 0 Å². The molecule has 15 heavy (non-hydrogen) atoms. The summed E-state index contributed by atoms with van der Waals surface area (Å²) in [6, 6.07) is 0. The molecule has 5 nitrogen and oxygen atoms in total. The molecule has 0 saturated carbocycles. The smallest absolute Gasteiger partial charge is 0.273 e. The number of nitrogens with zero attached hydrogens (tertiary/aromatic N) is 2. The Bertz CT molecular complexity index is 394. The fourth-order valence-corrected chi connectivity index (χ4v) is 2.98. The minimum absolute atomic E-state index is 0.111. The monoisotopic (exact) mass is 245 g/mol. The maximum Gasteiger partial charge on any atom is 0.273 e. The van der Waals surface area contributed by atoms with Crippen molar-refractivity contribution in [1.82, 2.24) is 9.88 Å². The van der Waals surface area contributed by atoms with Gasteiger partial charge in [0.05, 0.1) is 0 Å². The van der Waals surface area contributed by atoms with Gasteiger partial charge in [-0.15, -0.1) is 11.3 Å². The quantitative estimate of drug-likeness (QED) is 0.751. The summed E-state index contributed by atoms with van der Waals surface area (Å²) in [5.41, 5.74) is 5.85. The zero-order valence-electron chi connectivity index (χ0n) is 8.01. The highest BCUT2D eigenvalue weighted by Crippen LogP contribution is 2.14. The largest absolute Gasteiger partial charge is 0.375 e. The Morgan fingerprint density at radius 3 is 2.73 bits per heavy atom. The lowest BCUT2D eigenvalue weighted by Crippen LogP contribution is -2.41. The average Bonchev–Trinajstić information content (AvgIpc) is 2.65. The van der Waals surface area contributed by atoms with Crippen molar-refractivity contribution in [2.24, 2.45) is 0 Å². The lowest BCUT2D eigenvalue weighted by Gasteiger charge is -2.25. The third-order valence-corrected chi connectivity index (χ3v) is 4.16. The van der Waals surface area contributed by atoms with Crippen LogP contribution in [0.2, 0.25) is 0 Å². The van der Waals surface area contributed by atoms with Gasteiger partial charge in [-0.25, -0.2) is 4.98 Å². The van der Waals surface area contributed by atoms with Crippen LogP contribution < -0.4 is 5.73 Å². The number of carbonyl (C=O) groups excluding carboxylic acids is 1. The summed E-state index contributed by atoms with van der Waals surface area (Å²) >= 11 is 1.26. The third kappa shape index (κ3) is 2.35. The Labute approximate surface area is 93.7 Å². The molecule has 1 amide bonds. The second-order valence-corrected chi connectivity index (χ2v) is 5.80. The topological polar surface area (TPSA) is 76.3 Å². The predicted octanol–water partition coefficient (Wildman–Crippen LogP) is -0.0702. The highest BCUT2D eigenvalue weighted by Gasteiger charge is 2.22. The molecular formula is C8H11N3O2S2. The van der Waals surface area contributed by atoms with Gasteiger partial charge in [-0.3, -0.25) is 9.00 Å². The van der Waals surface area contributed by atoms with E-state index in [0.717, 1.165) is 0 Å². The van der Waals surface area contributed by atoms with Crippen LogP contribution in [0.4, 0.5) is 5.13 Å². The molecule has 1 aliphatic heterocycles. The van der Waals surface area contributed by atoms with Crippen molar-refractivity contribution in [3.63, 3.8) is 0 Å². The van der Waals surface area contributed by atoms with E-state index in [0.29, 0.717) is 35.4 Å². The van der Waals surface area contributed by atoms with Gasteiger partial charge in [0.15, 0.2) is 5.13 Å². The lowest BCUT2D eigenvalue weighted by molar-refractivity contribution is 0.0766. The first-order valence-corrected chi connectivity index (χ1v) is 6.89. The van der Waals surface area contributed by atoms with Crippen LogP contribution in [0, 0.1) is 0 Å². The molecule has 0 unspecified atom stereocenters. The van der Waals surface area contributed by atoms with Gasteiger partial charge >= 0.3 is 0 Å². The second-order valence-electron chi connectivity index (χ2n) is 3.21. The fraction of sp³-hybridized carbons (Fsp3) is 0.500. The van der Waals surface area contributed by atoms with Crippen LogP contribution in [0.15, 0.2) is 5.38 Å². The van der Waals surface area contributed by atoms with E-state index in [1.54, 1.807) is 10.3 Å². The molecule has 1 aromatic heterocycles. The molecule has 1 fully saturated rings. The molecule has 1 aliphatic rings. The fourth-order valence-electron chi connectivity index (χ4n) is 1.39. The molecule has 2 rings (SSSR count). The number of carbonyl (C=O) groups is 1. The maximum atomic E-state index is 11.8. The van der Waals surface area contributed by atoms with Crippen molar-refractivity contribution in [3.8, 4) is 0 Å². The highest BCUT2D eigenvalue weighted by atomic mass is 32.2. The number of anilines is 1. The average molecular weight is 245 g/mol. The van der Waals surface area contributed by atoms with E-state index in [9.17, 15) is 9.00 Å². The molecular weight excluding hydrogens is 234 g/mol. The van der Waals surface area contributed by atoms with Crippen molar-refractivity contribution < 1.29 is 9.00 Å². The van der Waals surface area contributed by atoms with Crippen LogP contribution in [0.5, 0.6) is 0 Å². The van der Waals surface area contributed by atoms with Gasteiger partial charge in [0.25, 0.3) is 5.91 Å². The van der Waals surface area contributed by atoms with Crippen molar-refractivity contribution in [2.75, 3.05) is 30.3 Å². The van der Waals surface area contributed by atoms with E-state index in [-0.39, 0.29) is 5.91 Å². The molecule has 0 bridgehead atoms. The van der Waals surface area contributed by atoms with E-state index in [1.807, 2.05) is 0 Å². The molecule has 0 aliphatic carbocycles. The van der Waals surface area contributed by atoms with Crippen molar-refractivity contribution >= 4 is 33.2 Å². The first-order chi connectivity index (χ1) is 7.16. The number of hydrogen-bond acceptors (Lipinski definition) is 5. The molecule has 2 heterocycles. The summed E-state index contributed by atoms with van der Waals surface area (Å²) in [6.07, 6.45) is 0. The third-order valence-electron chi connectivity index (χ3n) is 2.21. The second kappa shape index (κ2) is 4.28. The SMILES string of the molecule is Nc1nc(C(=O)N2CCS(=O)CC2)cs1. The summed E-state index contributed by atoms with van der Waals surface area (Å²) in [6.45, 7) is 1.09. The number of nitrogen functional groups attached to an aromatic ring is 1. The Morgan fingerprint density at radius 2 is 2.20 bits per heavy atom. The Kier molecular flexibility index (Phi) is 3.01. The van der Waals surface area contributed by atoms with Gasteiger partial charge in [0, 0.05) is 40.8 Å². The van der Waals surface area contributed by atoms with Gasteiger partial charge in [-0.05, 0) is 0 Å². The molecule has 0 spiro atoms. The van der Waals surface area contributed by atoms with Crippen LogP contribution in [0.25, 0.3) is 0 Å². The molecule has 7 heteroatoms. The number of aromatic nitrogens is 1. The lowest BCUT2D eigenvalue weighted by atomic mass is 10.4. The van der Waals surface area contributed by atoms with Crippen molar-refractivity contribution in [3.05, 3.63) is 11.1 Å². The first kappa shape index (κ1) is 10.6. The minimum atomic E-state index is -0.765. The van der Waals surface area contributed by atoms with Crippen LogP contribution in [-0.4, -0.2) is 44.6 Å². The summed E-state index contributed by atoms with van der Waals surface area (Å²) in [7, 11) is -0.765. The zero-order chi connectivity index (χ0) is 10.8. The first-order valence-electron chi connectivity index (χ1n) is 4.52. The summed E-state index contributed by atoms with van der Waals surface area (Å²) in [5.74, 6) is 1.01. The number of hydrogen-bond donors (Lipinski definition) is 1. The molecule has 1 aromatic rings. The Balaban J connectivity index is 2.05. The van der Waals surface area contributed by atoms with Crippen LogP contribution in [-0.2, 0) is 10.8 Å². The van der Waals surface area contributed by atoms with Gasteiger partial charge in [-0.2, -0.15) is 0 Å². The number of thiazole rings is 1. The Morgan fingerprint density at radius 1 is 1.53 bits per heavy atom. The van der Waals surface area contributed by atoms with E-state index >= 15 is 0 Å². The Hall–Kier alpha value is -0.950. The standard InChI is InChI=1S/C8H11N3O2S2/c9-8-10-6(5-14-8)7(12)11-1-3-15(13)4-2-11/h5H,1-4H2,(H2,9,10).